The fourth-order valence-electron chi connectivity index (χ4n) is 2.63. The van der Waals surface area contributed by atoms with E-state index in [4.69, 9.17) is 0 Å². The summed E-state index contributed by atoms with van der Waals surface area (Å²) in [5, 5.41) is 2.97. The maximum atomic E-state index is 13.4. The van der Waals surface area contributed by atoms with Crippen molar-refractivity contribution in [2.45, 2.75) is 18.9 Å². The van der Waals surface area contributed by atoms with Crippen LogP contribution < -0.4 is 10.2 Å². The first kappa shape index (κ1) is 15.9. The predicted octanol–water partition coefficient (Wildman–Crippen LogP) is 2.78. The molecule has 5 nitrogen and oxygen atoms in total. The number of piperidine rings is 1. The van der Waals surface area contributed by atoms with Crippen LogP contribution in [0.4, 0.5) is 10.3 Å². The van der Waals surface area contributed by atoms with Crippen LogP contribution in [0.25, 0.3) is 0 Å². The van der Waals surface area contributed by atoms with Crippen molar-refractivity contribution in [1.82, 2.24) is 15.3 Å². The molecule has 0 spiro atoms. The lowest BCUT2D eigenvalue weighted by atomic mass is 10.0. The number of halogens is 2. The Kier molecular flexibility index (Phi) is 4.85. The number of carbonyl (C=O) groups excluding carboxylic acids is 1. The first-order chi connectivity index (χ1) is 11.1. The molecule has 1 aliphatic heterocycles. The van der Waals surface area contributed by atoms with E-state index in [1.807, 2.05) is 0 Å². The molecule has 1 N–H and O–H groups in total. The van der Waals surface area contributed by atoms with Gasteiger partial charge in [0.05, 0.1) is 0 Å². The molecular formula is C16H16BrFN4O. The van der Waals surface area contributed by atoms with Crippen molar-refractivity contribution in [3.8, 4) is 0 Å². The zero-order valence-corrected chi connectivity index (χ0v) is 14.0. The van der Waals surface area contributed by atoms with Gasteiger partial charge >= 0.3 is 0 Å². The Morgan fingerprint density at radius 1 is 1.22 bits per heavy atom. The van der Waals surface area contributed by atoms with E-state index in [1.54, 1.807) is 24.5 Å². The van der Waals surface area contributed by atoms with Gasteiger partial charge in [-0.3, -0.25) is 4.79 Å². The molecule has 0 radical (unpaired) electrons. The van der Waals surface area contributed by atoms with E-state index in [9.17, 15) is 9.18 Å². The summed E-state index contributed by atoms with van der Waals surface area (Å²) in [4.78, 5) is 22.8. The van der Waals surface area contributed by atoms with Crippen molar-refractivity contribution in [3.63, 3.8) is 0 Å². The number of aromatic nitrogens is 2. The molecule has 1 aliphatic rings. The highest BCUT2D eigenvalue weighted by atomic mass is 79.9. The summed E-state index contributed by atoms with van der Waals surface area (Å²) in [7, 11) is 0. The summed E-state index contributed by atoms with van der Waals surface area (Å²) >= 11 is 3.20. The fourth-order valence-corrected chi connectivity index (χ4v) is 3.10. The normalized spacial score (nSPS) is 15.5. The number of hydrogen-bond acceptors (Lipinski definition) is 4. The number of amides is 1. The highest BCUT2D eigenvalue weighted by molar-refractivity contribution is 9.10. The molecule has 7 heteroatoms. The molecule has 23 heavy (non-hydrogen) atoms. The summed E-state index contributed by atoms with van der Waals surface area (Å²) in [6, 6.07) is 6.05. The standard InChI is InChI=1S/C16H16BrFN4O/c17-12-8-11(9-13(18)10-12)15(23)21-14-2-6-22(7-3-14)16-19-4-1-5-20-16/h1,4-5,8-10,14H,2-3,6-7H2,(H,21,23). The maximum Gasteiger partial charge on any atom is 0.251 e. The minimum atomic E-state index is -0.430. The van der Waals surface area contributed by atoms with Crippen molar-refractivity contribution < 1.29 is 9.18 Å². The second-order valence-corrected chi connectivity index (χ2v) is 6.36. The molecular weight excluding hydrogens is 363 g/mol. The van der Waals surface area contributed by atoms with Crippen LogP contribution >= 0.6 is 15.9 Å². The van der Waals surface area contributed by atoms with Crippen LogP contribution in [0.15, 0.2) is 41.1 Å². The van der Waals surface area contributed by atoms with Crippen LogP contribution in [0.3, 0.4) is 0 Å². The van der Waals surface area contributed by atoms with E-state index in [-0.39, 0.29) is 11.9 Å². The summed E-state index contributed by atoms with van der Waals surface area (Å²) in [6.45, 7) is 1.56. The van der Waals surface area contributed by atoms with E-state index in [0.717, 1.165) is 25.9 Å². The third-order valence-corrected chi connectivity index (χ3v) is 4.25. The zero-order chi connectivity index (χ0) is 16.2. The molecule has 2 heterocycles. The average molecular weight is 379 g/mol. The fraction of sp³-hybridized carbons (Fsp3) is 0.312. The van der Waals surface area contributed by atoms with Crippen LogP contribution in [-0.4, -0.2) is 35.0 Å². The summed E-state index contributed by atoms with van der Waals surface area (Å²) in [5.74, 6) is 0.0338. The zero-order valence-electron chi connectivity index (χ0n) is 12.4. The van der Waals surface area contributed by atoms with Crippen molar-refractivity contribution in [2.75, 3.05) is 18.0 Å². The van der Waals surface area contributed by atoms with E-state index < -0.39 is 5.82 Å². The number of nitrogens with one attached hydrogen (secondary N) is 1. The van der Waals surface area contributed by atoms with Gasteiger partial charge in [-0.2, -0.15) is 0 Å². The van der Waals surface area contributed by atoms with Crippen LogP contribution in [0, 0.1) is 5.82 Å². The first-order valence-corrected chi connectivity index (χ1v) is 8.20. The Labute approximate surface area is 142 Å². The van der Waals surface area contributed by atoms with Gasteiger partial charge in [-0.25, -0.2) is 14.4 Å². The molecule has 1 aromatic carbocycles. The van der Waals surface area contributed by atoms with Gasteiger partial charge in [-0.05, 0) is 37.1 Å². The minimum Gasteiger partial charge on any atom is -0.349 e. The molecule has 1 fully saturated rings. The van der Waals surface area contributed by atoms with Crippen molar-refractivity contribution in [2.24, 2.45) is 0 Å². The third-order valence-electron chi connectivity index (χ3n) is 3.79. The Morgan fingerprint density at radius 3 is 2.57 bits per heavy atom. The van der Waals surface area contributed by atoms with Crippen molar-refractivity contribution in [1.29, 1.82) is 0 Å². The number of carbonyl (C=O) groups is 1. The average Bonchev–Trinajstić information content (AvgIpc) is 2.55. The van der Waals surface area contributed by atoms with Gasteiger partial charge in [0.2, 0.25) is 5.95 Å². The van der Waals surface area contributed by atoms with Crippen molar-refractivity contribution in [3.05, 3.63) is 52.5 Å². The Balaban J connectivity index is 1.57. The number of rotatable bonds is 3. The highest BCUT2D eigenvalue weighted by Crippen LogP contribution is 2.18. The van der Waals surface area contributed by atoms with Crippen LogP contribution in [0.1, 0.15) is 23.2 Å². The summed E-state index contributed by atoms with van der Waals surface area (Å²) in [5.41, 5.74) is 0.325. The quantitative estimate of drug-likeness (QED) is 0.891. The number of hydrogen-bond donors (Lipinski definition) is 1. The van der Waals surface area contributed by atoms with E-state index in [1.165, 1.54) is 12.1 Å². The Morgan fingerprint density at radius 2 is 1.91 bits per heavy atom. The predicted molar refractivity (Wildman–Crippen MR) is 88.8 cm³/mol. The van der Waals surface area contributed by atoms with Gasteiger partial charge in [0, 0.05) is 41.6 Å². The lowest BCUT2D eigenvalue weighted by Gasteiger charge is -2.32. The van der Waals surface area contributed by atoms with E-state index >= 15 is 0 Å². The molecule has 0 saturated carbocycles. The molecule has 1 aromatic heterocycles. The summed E-state index contributed by atoms with van der Waals surface area (Å²) in [6.07, 6.45) is 5.05. The smallest absolute Gasteiger partial charge is 0.251 e. The largest absolute Gasteiger partial charge is 0.349 e. The number of anilines is 1. The summed E-state index contributed by atoms with van der Waals surface area (Å²) < 4.78 is 13.9. The maximum absolute atomic E-state index is 13.4. The van der Waals surface area contributed by atoms with Gasteiger partial charge in [-0.15, -0.1) is 0 Å². The van der Waals surface area contributed by atoms with Crippen molar-refractivity contribution >= 4 is 27.8 Å². The SMILES string of the molecule is O=C(NC1CCN(c2ncccn2)CC1)c1cc(F)cc(Br)c1. The topological polar surface area (TPSA) is 58.1 Å². The second kappa shape index (κ2) is 7.04. The monoisotopic (exact) mass is 378 g/mol. The van der Waals surface area contributed by atoms with Crippen LogP contribution in [0.2, 0.25) is 0 Å². The molecule has 0 aliphatic carbocycles. The molecule has 3 rings (SSSR count). The Hall–Kier alpha value is -2.02. The van der Waals surface area contributed by atoms with Gasteiger partial charge in [-0.1, -0.05) is 15.9 Å². The van der Waals surface area contributed by atoms with Crippen LogP contribution in [-0.2, 0) is 0 Å². The van der Waals surface area contributed by atoms with Gasteiger partial charge in [0.1, 0.15) is 5.82 Å². The van der Waals surface area contributed by atoms with Gasteiger partial charge in [0.25, 0.3) is 5.91 Å². The molecule has 1 saturated heterocycles. The molecule has 0 unspecified atom stereocenters. The lowest BCUT2D eigenvalue weighted by Crippen LogP contribution is -2.45. The van der Waals surface area contributed by atoms with E-state index in [0.29, 0.717) is 16.0 Å². The molecule has 0 bridgehead atoms. The molecule has 2 aromatic rings. The van der Waals surface area contributed by atoms with Gasteiger partial charge < -0.3 is 10.2 Å². The Bertz CT molecular complexity index is 669. The lowest BCUT2D eigenvalue weighted by molar-refractivity contribution is 0.0930. The molecule has 120 valence electrons. The van der Waals surface area contributed by atoms with E-state index in [2.05, 4.69) is 36.1 Å². The first-order valence-electron chi connectivity index (χ1n) is 7.41. The van der Waals surface area contributed by atoms with Crippen LogP contribution in [0.5, 0.6) is 0 Å². The number of nitrogens with zero attached hydrogens (tertiary/aromatic N) is 3. The number of benzene rings is 1. The third kappa shape index (κ3) is 4.04. The molecule has 0 atom stereocenters. The van der Waals surface area contributed by atoms with Gasteiger partial charge in [0.15, 0.2) is 0 Å². The highest BCUT2D eigenvalue weighted by Gasteiger charge is 2.22. The minimum absolute atomic E-state index is 0.0736. The molecule has 1 amide bonds. The second-order valence-electron chi connectivity index (χ2n) is 5.44.